The number of aromatic hydroxyl groups is 2. The number of non-ortho nitro benzene ring substituents is 4. The van der Waals surface area contributed by atoms with E-state index in [1.54, 1.807) is 29.6 Å². The predicted molar refractivity (Wildman–Crippen MR) is 438 cm³/mol. The Bertz CT molecular complexity index is 5590. The van der Waals surface area contributed by atoms with Gasteiger partial charge < -0.3 is 46.1 Å². The number of nitrogens with one attached hydrogen (secondary N) is 4. The van der Waals surface area contributed by atoms with Gasteiger partial charge in [0.2, 0.25) is 0 Å². The van der Waals surface area contributed by atoms with Gasteiger partial charge in [-0.1, -0.05) is 105 Å². The number of hydrogen-bond acceptors (Lipinski definition) is 24. The van der Waals surface area contributed by atoms with Gasteiger partial charge in [0, 0.05) is 93.4 Å². The maximum Gasteiger partial charge on any atom is 0.353 e. The Labute approximate surface area is 704 Å². The Kier molecular flexibility index (Phi) is 33.9. The second-order valence-electron chi connectivity index (χ2n) is 21.9. The number of amides is 4. The largest absolute Gasteiger partial charge is 0.507 e. The maximum atomic E-state index is 12.7. The summed E-state index contributed by atoms with van der Waals surface area (Å²) >= 11 is 54.9. The fraction of sp³-hybridized carbons (Fsp3) is 0. The van der Waals surface area contributed by atoms with Gasteiger partial charge in [0.05, 0.1) is 101 Å². The molecule has 592 valence electrons. The summed E-state index contributed by atoms with van der Waals surface area (Å²) in [7, 11) is 0. The number of halogens is 9. The zero-order valence-corrected chi connectivity index (χ0v) is 66.0. The topological polar surface area (TPSA) is 462 Å². The SMILES string of the molecule is O=C(Cl)c1cccs1.O=C(Nc1ccc([N+](=O)[O-])cc1Cl)c1cc(Cl)ccc1O.O=C(Nc1ccc([N+](=O)[O-])cc1Cl)c1cc(Cl)ccc1O.O=C(O)c1ccncc1.O=C(Oc1ccc(Cl)cc1C(=O)Nc1ccc([N+](=O)[O-])cc1Cl)c1cccs1.O=C(Oc1ccc(Cl)cc1C(=O)Nc1ccc([N+](=O)[O-])cc1Cl)c1ccncc1. The van der Waals surface area contributed by atoms with Gasteiger partial charge in [0.25, 0.3) is 51.6 Å². The quantitative estimate of drug-likeness (QED) is 0.0138. The van der Waals surface area contributed by atoms with Gasteiger partial charge in [-0.05, 0) is 156 Å². The van der Waals surface area contributed by atoms with Crippen molar-refractivity contribution in [1.29, 1.82) is 0 Å². The standard InChI is InChI=1S/C19H11Cl2N3O5.C18H10Cl2N2O5S.2C13H8Cl2N2O4.C6H5NO2.C5H3ClOS/c20-12-1-4-17(29-19(26)11-5-7-22-8-6-11)14(9-12)18(25)23-16-3-2-13(24(27)28)10-15(16)21;19-10-3-6-15(27-18(24)16-2-1-7-28-16)12(8-10)17(23)21-14-5-4-11(22(25)26)9-13(14)20;2*14-7-1-4-12(18)9(5-7)13(19)16-11-3-2-8(17(20)21)6-10(11)15;8-6(9)5-1-3-7-4-2-5;6-5(7)4-2-1-3-8-4/h1-10H,(H,23,25);1-9H,(H,21,23);2*1-6,18H,(H,16,19);1-4H,(H,8,9);1-3H. The van der Waals surface area contributed by atoms with E-state index in [1.165, 1.54) is 193 Å². The van der Waals surface area contributed by atoms with Gasteiger partial charge in [-0.3, -0.25) is 74.4 Å². The highest BCUT2D eigenvalue weighted by atomic mass is 35.5. The molecule has 4 heterocycles. The van der Waals surface area contributed by atoms with E-state index in [9.17, 15) is 89.0 Å². The number of carbonyl (C=O) groups excluding carboxylic acids is 7. The molecule has 0 aliphatic heterocycles. The molecular formula is C74H45Cl9N10O21S2. The van der Waals surface area contributed by atoms with E-state index >= 15 is 0 Å². The van der Waals surface area contributed by atoms with Crippen molar-refractivity contribution in [2.24, 2.45) is 0 Å². The molecule has 116 heavy (non-hydrogen) atoms. The Hall–Kier alpha value is -12.8. The number of nitro benzene ring substituents is 4. The number of esters is 2. The first kappa shape index (κ1) is 90.4. The molecule has 0 unspecified atom stereocenters. The number of aromatic carboxylic acids is 1. The third-order valence-electron chi connectivity index (χ3n) is 14.1. The number of benzene rings is 8. The van der Waals surface area contributed by atoms with Crippen molar-refractivity contribution >= 4 is 219 Å². The fourth-order valence-electron chi connectivity index (χ4n) is 8.63. The second kappa shape index (κ2) is 43.5. The van der Waals surface area contributed by atoms with E-state index in [0.29, 0.717) is 9.75 Å². The highest BCUT2D eigenvalue weighted by molar-refractivity contribution is 7.14. The van der Waals surface area contributed by atoms with Crippen molar-refractivity contribution in [3.05, 3.63) is 353 Å². The van der Waals surface area contributed by atoms with E-state index in [1.807, 2.05) is 5.38 Å². The van der Waals surface area contributed by atoms with Crippen molar-refractivity contribution < 1.29 is 82.8 Å². The van der Waals surface area contributed by atoms with Crippen LogP contribution in [-0.2, 0) is 0 Å². The molecule has 12 rings (SSSR count). The van der Waals surface area contributed by atoms with E-state index in [2.05, 4.69) is 31.2 Å². The van der Waals surface area contributed by atoms with Crippen LogP contribution in [0, 0.1) is 40.5 Å². The number of phenolic OH excluding ortho intramolecular Hbond substituents is 2. The van der Waals surface area contributed by atoms with Crippen molar-refractivity contribution in [3.8, 4) is 23.0 Å². The molecule has 42 heteroatoms. The van der Waals surface area contributed by atoms with Crippen LogP contribution in [0.2, 0.25) is 40.2 Å². The number of nitro groups is 4. The molecule has 0 saturated heterocycles. The number of anilines is 4. The van der Waals surface area contributed by atoms with Gasteiger partial charge in [-0.2, -0.15) is 0 Å². The summed E-state index contributed by atoms with van der Waals surface area (Å²) in [6.45, 7) is 0. The number of hydrogen-bond donors (Lipinski definition) is 7. The van der Waals surface area contributed by atoms with Gasteiger partial charge in [0.15, 0.2) is 0 Å². The van der Waals surface area contributed by atoms with Crippen LogP contribution in [0.4, 0.5) is 45.5 Å². The number of carboxylic acid groups (broad SMARTS) is 1. The van der Waals surface area contributed by atoms with Crippen molar-refractivity contribution in [1.82, 2.24) is 9.97 Å². The van der Waals surface area contributed by atoms with E-state index in [4.69, 9.17) is 119 Å². The van der Waals surface area contributed by atoms with Crippen LogP contribution in [-0.4, -0.2) is 91.8 Å². The maximum absolute atomic E-state index is 12.7. The number of rotatable bonds is 18. The number of pyridine rings is 2. The first-order valence-corrected chi connectivity index (χ1v) is 36.6. The molecule has 7 N–H and O–H groups in total. The molecule has 0 bridgehead atoms. The lowest BCUT2D eigenvalue weighted by atomic mass is 10.1. The molecule has 0 aliphatic carbocycles. The fourth-order valence-corrected chi connectivity index (χ4v) is 11.6. The van der Waals surface area contributed by atoms with Crippen LogP contribution in [0.15, 0.2) is 230 Å². The third-order valence-corrected chi connectivity index (χ3v) is 18.3. The van der Waals surface area contributed by atoms with Crippen LogP contribution < -0.4 is 30.7 Å². The molecule has 12 aromatic rings. The lowest BCUT2D eigenvalue weighted by Crippen LogP contribution is -2.16. The number of nitrogens with zero attached hydrogens (tertiary/aromatic N) is 6. The molecule has 8 aromatic carbocycles. The lowest BCUT2D eigenvalue weighted by molar-refractivity contribution is -0.385. The number of ether oxygens (including phenoxy) is 2. The number of carbonyl (C=O) groups is 8. The van der Waals surface area contributed by atoms with Crippen molar-refractivity contribution in [3.63, 3.8) is 0 Å². The molecule has 4 aromatic heterocycles. The predicted octanol–water partition coefficient (Wildman–Crippen LogP) is 20.8. The molecule has 0 aliphatic rings. The molecule has 31 nitrogen and oxygen atoms in total. The van der Waals surface area contributed by atoms with Gasteiger partial charge in [-0.25, -0.2) is 14.4 Å². The second-order valence-corrected chi connectivity index (χ2v) is 27.5. The summed E-state index contributed by atoms with van der Waals surface area (Å²) in [5, 5.41) is 84.6. The molecule has 0 saturated carbocycles. The number of phenols is 2. The Morgan fingerprint density at radius 1 is 0.362 bits per heavy atom. The van der Waals surface area contributed by atoms with Gasteiger partial charge >= 0.3 is 17.9 Å². The third kappa shape index (κ3) is 27.2. The highest BCUT2D eigenvalue weighted by Gasteiger charge is 2.24. The zero-order chi connectivity index (χ0) is 85.0. The zero-order valence-electron chi connectivity index (χ0n) is 57.5. The molecular weight excluding hydrogens is 1750 g/mol. The highest BCUT2D eigenvalue weighted by Crippen LogP contribution is 2.35. The monoisotopic (exact) mass is 1790 g/mol. The Morgan fingerprint density at radius 3 is 0.931 bits per heavy atom. The lowest BCUT2D eigenvalue weighted by Gasteiger charge is -2.12. The molecule has 0 spiro atoms. The summed E-state index contributed by atoms with van der Waals surface area (Å²) in [4.78, 5) is 143. The Morgan fingerprint density at radius 2 is 0.655 bits per heavy atom. The van der Waals surface area contributed by atoms with Crippen molar-refractivity contribution in [2.75, 3.05) is 21.3 Å². The van der Waals surface area contributed by atoms with E-state index < -0.39 is 61.2 Å². The molecule has 0 fully saturated rings. The first-order valence-electron chi connectivity index (χ1n) is 31.4. The summed E-state index contributed by atoms with van der Waals surface area (Å²) in [6, 6.07) is 43.6. The minimum atomic E-state index is -0.919. The molecule has 4 amide bonds. The summed E-state index contributed by atoms with van der Waals surface area (Å²) in [6.07, 6.45) is 5.76. The summed E-state index contributed by atoms with van der Waals surface area (Å²) in [5.41, 5.74) is 0.311. The van der Waals surface area contributed by atoms with Crippen molar-refractivity contribution in [2.45, 2.75) is 0 Å². The summed E-state index contributed by atoms with van der Waals surface area (Å²) < 4.78 is 10.6. The number of aromatic nitrogens is 2. The normalized spacial score (nSPS) is 10.1. The molecule has 0 radical (unpaired) electrons. The number of carboxylic acids is 1. The minimum Gasteiger partial charge on any atom is -0.507 e. The van der Waals surface area contributed by atoms with Crippen LogP contribution >= 0.6 is 127 Å². The minimum absolute atomic E-state index is 0.00632. The van der Waals surface area contributed by atoms with Gasteiger partial charge in [0.1, 0.15) is 27.9 Å². The summed E-state index contributed by atoms with van der Waals surface area (Å²) in [5.74, 6) is -5.28. The average Bonchev–Trinajstić information content (AvgIpc) is 1.66. The smallest absolute Gasteiger partial charge is 0.353 e. The average molecular weight is 1790 g/mol. The number of thiophene rings is 2. The molecule has 0 atom stereocenters. The van der Waals surface area contributed by atoms with Gasteiger partial charge in [-0.15, -0.1) is 22.7 Å². The van der Waals surface area contributed by atoms with Crippen LogP contribution in [0.1, 0.15) is 81.5 Å². The first-order chi connectivity index (χ1) is 55.1. The Balaban J connectivity index is 0.000000201. The van der Waals surface area contributed by atoms with E-state index in [-0.39, 0.29) is 147 Å². The van der Waals surface area contributed by atoms with Crippen LogP contribution in [0.25, 0.3) is 0 Å². The van der Waals surface area contributed by atoms with Crippen LogP contribution in [0.3, 0.4) is 0 Å². The van der Waals surface area contributed by atoms with E-state index in [0.717, 1.165) is 24.3 Å². The van der Waals surface area contributed by atoms with Crippen LogP contribution in [0.5, 0.6) is 23.0 Å².